The molecule has 160 valence electrons. The Morgan fingerprint density at radius 2 is 1.97 bits per heavy atom. The molecule has 1 aromatic heterocycles. The van der Waals surface area contributed by atoms with Crippen molar-refractivity contribution < 1.29 is 19.1 Å². The van der Waals surface area contributed by atoms with Crippen molar-refractivity contribution in [2.24, 2.45) is 0 Å². The van der Waals surface area contributed by atoms with E-state index >= 15 is 0 Å². The number of nitriles is 1. The van der Waals surface area contributed by atoms with E-state index in [1.54, 1.807) is 36.8 Å². The van der Waals surface area contributed by atoms with Gasteiger partial charge in [0.15, 0.2) is 6.04 Å². The minimum Gasteiger partial charge on any atom is -0.488 e. The first kappa shape index (κ1) is 22.0. The van der Waals surface area contributed by atoms with Crippen LogP contribution in [0.2, 0.25) is 0 Å². The lowest BCUT2D eigenvalue weighted by atomic mass is 9.95. The highest BCUT2D eigenvalue weighted by Crippen LogP contribution is 2.35. The largest absolute Gasteiger partial charge is 0.488 e. The first-order valence-corrected chi connectivity index (χ1v) is 10.3. The van der Waals surface area contributed by atoms with Gasteiger partial charge in [-0.3, -0.25) is 0 Å². The molecule has 0 radical (unpaired) electrons. The molecule has 1 heterocycles. The molecule has 0 bridgehead atoms. The molecule has 2 N–H and O–H groups in total. The van der Waals surface area contributed by atoms with Crippen LogP contribution in [0.1, 0.15) is 54.1 Å². The third-order valence-corrected chi connectivity index (χ3v) is 5.03. The summed E-state index contributed by atoms with van der Waals surface area (Å²) in [5.74, 6) is -0.415. The van der Waals surface area contributed by atoms with Crippen LogP contribution in [-0.4, -0.2) is 11.1 Å². The highest BCUT2D eigenvalue weighted by atomic mass is 16.5. The molecule has 1 atom stereocenters. The SMILES string of the molecule is CCCc1cc(CC)cc([C@@H](Nc2ccc(C#N)cc2)C(=O)O)c1OCc1ccoc1. The molecular formula is C25H26N2O4. The number of benzene rings is 2. The Bertz CT molecular complexity index is 1050. The summed E-state index contributed by atoms with van der Waals surface area (Å²) in [4.78, 5) is 12.3. The van der Waals surface area contributed by atoms with Crippen LogP contribution in [-0.2, 0) is 24.2 Å². The van der Waals surface area contributed by atoms with Crippen LogP contribution in [0.4, 0.5) is 5.69 Å². The van der Waals surface area contributed by atoms with Gasteiger partial charge in [0.1, 0.15) is 12.4 Å². The van der Waals surface area contributed by atoms with E-state index in [0.717, 1.165) is 36.0 Å². The molecule has 0 aliphatic carbocycles. The number of carboxylic acid groups (broad SMARTS) is 1. The Kier molecular flexibility index (Phi) is 7.34. The average Bonchev–Trinajstić information content (AvgIpc) is 3.30. The summed E-state index contributed by atoms with van der Waals surface area (Å²) in [6.45, 7) is 4.42. The van der Waals surface area contributed by atoms with Crippen LogP contribution >= 0.6 is 0 Å². The number of anilines is 1. The van der Waals surface area contributed by atoms with E-state index in [2.05, 4.69) is 24.4 Å². The zero-order valence-corrected chi connectivity index (χ0v) is 17.7. The topological polar surface area (TPSA) is 95.5 Å². The maximum atomic E-state index is 12.3. The fraction of sp³-hybridized carbons (Fsp3) is 0.280. The lowest BCUT2D eigenvalue weighted by molar-refractivity contribution is -0.138. The first-order valence-electron chi connectivity index (χ1n) is 10.3. The molecule has 0 fully saturated rings. The molecule has 3 rings (SSSR count). The summed E-state index contributed by atoms with van der Waals surface area (Å²) in [5.41, 5.74) is 4.64. The summed E-state index contributed by atoms with van der Waals surface area (Å²) in [6, 6.07) is 13.6. The molecule has 0 spiro atoms. The number of nitrogens with one attached hydrogen (secondary N) is 1. The Morgan fingerprint density at radius 3 is 2.55 bits per heavy atom. The molecule has 2 aromatic carbocycles. The molecule has 0 unspecified atom stereocenters. The third-order valence-electron chi connectivity index (χ3n) is 5.03. The Morgan fingerprint density at radius 1 is 1.19 bits per heavy atom. The van der Waals surface area contributed by atoms with Gasteiger partial charge in [0.05, 0.1) is 24.2 Å². The van der Waals surface area contributed by atoms with Crippen LogP contribution in [0, 0.1) is 11.3 Å². The Labute approximate surface area is 182 Å². The fourth-order valence-corrected chi connectivity index (χ4v) is 3.44. The standard InChI is InChI=1S/C25H26N2O4/c1-3-5-20-12-17(4-2)13-22(24(20)31-16-19-10-11-30-15-19)23(25(28)29)27-21-8-6-18(14-26)7-9-21/h6-13,15,23,27H,3-5,16H2,1-2H3,(H,28,29)/t23-/m1/s1. The second kappa shape index (κ2) is 10.4. The fourth-order valence-electron chi connectivity index (χ4n) is 3.44. The van der Waals surface area contributed by atoms with Crippen LogP contribution in [0.5, 0.6) is 5.75 Å². The number of hydrogen-bond donors (Lipinski definition) is 2. The summed E-state index contributed by atoms with van der Waals surface area (Å²) >= 11 is 0. The quantitative estimate of drug-likeness (QED) is 0.452. The second-order valence-corrected chi connectivity index (χ2v) is 7.30. The number of nitrogens with zero attached hydrogens (tertiary/aromatic N) is 1. The van der Waals surface area contributed by atoms with Crippen molar-refractivity contribution in [3.05, 3.63) is 82.8 Å². The van der Waals surface area contributed by atoms with Gasteiger partial charge in [-0.2, -0.15) is 5.26 Å². The highest BCUT2D eigenvalue weighted by Gasteiger charge is 2.26. The Balaban J connectivity index is 2.03. The number of rotatable bonds is 10. The van der Waals surface area contributed by atoms with Crippen molar-refractivity contribution in [1.29, 1.82) is 5.26 Å². The average molecular weight is 418 g/mol. The summed E-state index contributed by atoms with van der Waals surface area (Å²) in [6.07, 6.45) is 5.68. The van der Waals surface area contributed by atoms with Gasteiger partial charge >= 0.3 is 5.97 Å². The van der Waals surface area contributed by atoms with E-state index in [4.69, 9.17) is 14.4 Å². The molecule has 3 aromatic rings. The van der Waals surface area contributed by atoms with Gasteiger partial charge in [-0.25, -0.2) is 4.79 Å². The lowest BCUT2D eigenvalue weighted by Crippen LogP contribution is -2.22. The van der Waals surface area contributed by atoms with Crippen LogP contribution in [0.3, 0.4) is 0 Å². The minimum absolute atomic E-state index is 0.287. The predicted molar refractivity (Wildman–Crippen MR) is 118 cm³/mol. The van der Waals surface area contributed by atoms with Gasteiger partial charge in [0.2, 0.25) is 0 Å². The normalized spacial score (nSPS) is 11.5. The highest BCUT2D eigenvalue weighted by molar-refractivity contribution is 5.81. The molecule has 0 amide bonds. The molecule has 0 aliphatic rings. The second-order valence-electron chi connectivity index (χ2n) is 7.30. The third kappa shape index (κ3) is 5.46. The van der Waals surface area contributed by atoms with E-state index < -0.39 is 12.0 Å². The number of aryl methyl sites for hydroxylation is 2. The minimum atomic E-state index is -1.01. The Hall–Kier alpha value is -3.72. The van der Waals surface area contributed by atoms with E-state index in [1.807, 2.05) is 19.1 Å². The van der Waals surface area contributed by atoms with Crippen molar-refractivity contribution in [2.75, 3.05) is 5.32 Å². The molecule has 0 saturated heterocycles. The maximum absolute atomic E-state index is 12.3. The first-order chi connectivity index (χ1) is 15.0. The molecule has 31 heavy (non-hydrogen) atoms. The number of carbonyl (C=O) groups is 1. The molecule has 6 nitrogen and oxygen atoms in total. The molecule has 6 heteroatoms. The molecule has 0 saturated carbocycles. The zero-order chi connectivity index (χ0) is 22.2. The van der Waals surface area contributed by atoms with Crippen LogP contribution < -0.4 is 10.1 Å². The van der Waals surface area contributed by atoms with Crippen molar-refractivity contribution in [2.45, 2.75) is 45.8 Å². The van der Waals surface area contributed by atoms with Crippen molar-refractivity contribution in [3.63, 3.8) is 0 Å². The maximum Gasteiger partial charge on any atom is 0.330 e. The number of ether oxygens (including phenoxy) is 1. The van der Waals surface area contributed by atoms with E-state index in [9.17, 15) is 9.90 Å². The summed E-state index contributed by atoms with van der Waals surface area (Å²) < 4.78 is 11.3. The number of hydrogen-bond acceptors (Lipinski definition) is 5. The van der Waals surface area contributed by atoms with Gasteiger partial charge in [-0.1, -0.05) is 26.3 Å². The smallest absolute Gasteiger partial charge is 0.330 e. The zero-order valence-electron chi connectivity index (χ0n) is 17.7. The molecular weight excluding hydrogens is 392 g/mol. The number of aliphatic carboxylic acids is 1. The van der Waals surface area contributed by atoms with Gasteiger partial charge in [-0.05, 0) is 60.4 Å². The van der Waals surface area contributed by atoms with E-state index in [0.29, 0.717) is 22.6 Å². The van der Waals surface area contributed by atoms with Crippen molar-refractivity contribution in [3.8, 4) is 11.8 Å². The monoisotopic (exact) mass is 418 g/mol. The van der Waals surface area contributed by atoms with Crippen LogP contribution in [0.15, 0.2) is 59.4 Å². The molecule has 0 aliphatic heterocycles. The van der Waals surface area contributed by atoms with Crippen molar-refractivity contribution >= 4 is 11.7 Å². The summed E-state index contributed by atoms with van der Waals surface area (Å²) in [7, 11) is 0. The number of furan rings is 1. The van der Waals surface area contributed by atoms with Gasteiger partial charge in [0.25, 0.3) is 0 Å². The lowest BCUT2D eigenvalue weighted by Gasteiger charge is -2.23. The number of carboxylic acids is 1. The van der Waals surface area contributed by atoms with Crippen LogP contribution in [0.25, 0.3) is 0 Å². The van der Waals surface area contributed by atoms with E-state index in [-0.39, 0.29) is 6.61 Å². The predicted octanol–water partition coefficient (Wildman–Crippen LogP) is 5.48. The van der Waals surface area contributed by atoms with Crippen molar-refractivity contribution in [1.82, 2.24) is 0 Å². The van der Waals surface area contributed by atoms with Gasteiger partial charge in [0, 0.05) is 16.8 Å². The van der Waals surface area contributed by atoms with E-state index in [1.165, 1.54) is 0 Å². The summed E-state index contributed by atoms with van der Waals surface area (Å²) in [5, 5.41) is 22.2. The van der Waals surface area contributed by atoms with Gasteiger partial charge < -0.3 is 19.6 Å². The van der Waals surface area contributed by atoms with Gasteiger partial charge in [-0.15, -0.1) is 0 Å².